The summed E-state index contributed by atoms with van der Waals surface area (Å²) < 4.78 is 20.9. The smallest absolute Gasteiger partial charge is 0.148 e. The summed E-state index contributed by atoms with van der Waals surface area (Å²) in [6.45, 7) is 0.388. The molecule has 0 aliphatic carbocycles. The molecule has 56 valence electrons. The first-order valence-electron chi connectivity index (χ1n) is 2.55. The van der Waals surface area contributed by atoms with E-state index < -0.39 is 9.84 Å². The Morgan fingerprint density at radius 2 is 2.00 bits per heavy atom. The molecule has 0 unspecified atom stereocenters. The van der Waals surface area contributed by atoms with Crippen molar-refractivity contribution in [1.29, 1.82) is 0 Å². The van der Waals surface area contributed by atoms with Crippen LogP contribution in [0.3, 0.4) is 0 Å². The monoisotopic (exact) mass is 152 g/mol. The minimum absolute atomic E-state index is 0.125. The number of hydrazine groups is 1. The molecule has 0 amide bonds. The van der Waals surface area contributed by atoms with Gasteiger partial charge < -0.3 is 0 Å². The summed E-state index contributed by atoms with van der Waals surface area (Å²) in [4.78, 5) is 0. The Morgan fingerprint density at radius 1 is 1.56 bits per heavy atom. The Kier molecular flexibility index (Phi) is 3.10. The Labute approximate surface area is 55.5 Å². The van der Waals surface area contributed by atoms with Crippen molar-refractivity contribution in [2.24, 2.45) is 5.84 Å². The Morgan fingerprint density at radius 3 is 2.11 bits per heavy atom. The van der Waals surface area contributed by atoms with Crippen molar-refractivity contribution in [3.05, 3.63) is 0 Å². The maximum atomic E-state index is 10.5. The summed E-state index contributed by atoms with van der Waals surface area (Å²) in [7, 11) is -1.21. The van der Waals surface area contributed by atoms with Crippen molar-refractivity contribution in [3.63, 3.8) is 0 Å². The second kappa shape index (κ2) is 3.14. The lowest BCUT2D eigenvalue weighted by Gasteiger charge is -2.06. The van der Waals surface area contributed by atoms with Gasteiger partial charge in [0, 0.05) is 19.8 Å². The van der Waals surface area contributed by atoms with Crippen molar-refractivity contribution >= 4 is 9.84 Å². The van der Waals surface area contributed by atoms with Crippen LogP contribution in [0.4, 0.5) is 0 Å². The Hall–Kier alpha value is -0.130. The number of hydrogen-bond donors (Lipinski definition) is 1. The molecule has 0 saturated heterocycles. The normalized spacial score (nSPS) is 12.4. The molecule has 0 fully saturated rings. The zero-order valence-electron chi connectivity index (χ0n) is 5.66. The molecule has 0 aliphatic rings. The van der Waals surface area contributed by atoms with Crippen LogP contribution in [0.15, 0.2) is 0 Å². The van der Waals surface area contributed by atoms with Gasteiger partial charge in [0.15, 0.2) is 0 Å². The zero-order chi connectivity index (χ0) is 7.49. The molecule has 0 heterocycles. The first kappa shape index (κ1) is 8.87. The van der Waals surface area contributed by atoms with Crippen LogP contribution >= 0.6 is 0 Å². The number of hydrogen-bond acceptors (Lipinski definition) is 4. The van der Waals surface area contributed by atoms with Gasteiger partial charge in [-0.25, -0.2) is 13.4 Å². The number of nitrogens with two attached hydrogens (primary N) is 1. The lowest BCUT2D eigenvalue weighted by molar-refractivity contribution is 0.370. The fraction of sp³-hybridized carbons (Fsp3) is 1.00. The van der Waals surface area contributed by atoms with Crippen LogP contribution in [-0.4, -0.2) is 39.0 Å². The summed E-state index contributed by atoms with van der Waals surface area (Å²) >= 11 is 0. The molecule has 9 heavy (non-hydrogen) atoms. The molecule has 0 aromatic heterocycles. The summed E-state index contributed by atoms with van der Waals surface area (Å²) in [6.07, 6.45) is 1.19. The molecular weight excluding hydrogens is 140 g/mol. The molecule has 0 aromatic carbocycles. The molecule has 0 bridgehead atoms. The van der Waals surface area contributed by atoms with E-state index in [2.05, 4.69) is 0 Å². The van der Waals surface area contributed by atoms with E-state index in [1.54, 1.807) is 7.05 Å². The van der Waals surface area contributed by atoms with Crippen LogP contribution in [0.25, 0.3) is 0 Å². The predicted octanol–water partition coefficient (Wildman–Crippen LogP) is -1.16. The molecule has 0 saturated carbocycles. The molecular formula is C4H12N2O2S. The van der Waals surface area contributed by atoms with Crippen molar-refractivity contribution in [2.45, 2.75) is 0 Å². The highest BCUT2D eigenvalue weighted by Gasteiger charge is 2.01. The van der Waals surface area contributed by atoms with E-state index in [-0.39, 0.29) is 5.75 Å². The predicted molar refractivity (Wildman–Crippen MR) is 36.5 cm³/mol. The lowest BCUT2D eigenvalue weighted by Crippen LogP contribution is -2.31. The fourth-order valence-corrected chi connectivity index (χ4v) is 0.929. The second-order valence-corrected chi connectivity index (χ2v) is 4.37. The molecule has 4 nitrogen and oxygen atoms in total. The van der Waals surface area contributed by atoms with Crippen LogP contribution in [0.2, 0.25) is 0 Å². The molecule has 0 spiro atoms. The summed E-state index contributed by atoms with van der Waals surface area (Å²) in [5.74, 6) is 5.29. The fourth-order valence-electron chi connectivity index (χ4n) is 0.310. The highest BCUT2D eigenvalue weighted by atomic mass is 32.2. The van der Waals surface area contributed by atoms with Crippen LogP contribution in [-0.2, 0) is 9.84 Å². The molecule has 0 atom stereocenters. The third-order valence-corrected chi connectivity index (χ3v) is 1.74. The van der Waals surface area contributed by atoms with Crippen LogP contribution in [0.1, 0.15) is 0 Å². The summed E-state index contributed by atoms with van der Waals surface area (Å²) in [6, 6.07) is 0. The molecule has 2 N–H and O–H groups in total. The van der Waals surface area contributed by atoms with E-state index >= 15 is 0 Å². The van der Waals surface area contributed by atoms with Crippen LogP contribution in [0, 0.1) is 0 Å². The first-order chi connectivity index (χ1) is 3.92. The van der Waals surface area contributed by atoms with Crippen LogP contribution < -0.4 is 5.84 Å². The second-order valence-electron chi connectivity index (χ2n) is 2.11. The third-order valence-electron chi connectivity index (χ3n) is 0.815. The van der Waals surface area contributed by atoms with Gasteiger partial charge in [-0.2, -0.15) is 0 Å². The third kappa shape index (κ3) is 7.87. The molecule has 5 heteroatoms. The number of nitrogens with zero attached hydrogens (tertiary/aromatic N) is 1. The Balaban J connectivity index is 3.53. The number of sulfone groups is 1. The largest absolute Gasteiger partial charge is 0.269 e. The summed E-state index contributed by atoms with van der Waals surface area (Å²) in [5.41, 5.74) is 0. The number of rotatable bonds is 3. The van der Waals surface area contributed by atoms with E-state index in [9.17, 15) is 8.42 Å². The van der Waals surface area contributed by atoms with Gasteiger partial charge in [0.05, 0.1) is 5.75 Å². The van der Waals surface area contributed by atoms with Crippen LogP contribution in [0.5, 0.6) is 0 Å². The van der Waals surface area contributed by atoms with Gasteiger partial charge in [0.1, 0.15) is 9.84 Å². The topological polar surface area (TPSA) is 63.4 Å². The van der Waals surface area contributed by atoms with E-state index in [0.717, 1.165) is 0 Å². The SMILES string of the molecule is CN(N)CCS(C)(=O)=O. The zero-order valence-corrected chi connectivity index (χ0v) is 6.48. The molecule has 0 aliphatic heterocycles. The van der Waals surface area contributed by atoms with E-state index in [0.29, 0.717) is 6.54 Å². The van der Waals surface area contributed by atoms with E-state index in [1.165, 1.54) is 11.3 Å². The lowest BCUT2D eigenvalue weighted by atomic mass is 10.7. The van der Waals surface area contributed by atoms with Gasteiger partial charge in [-0.15, -0.1) is 0 Å². The van der Waals surface area contributed by atoms with Gasteiger partial charge in [-0.3, -0.25) is 5.84 Å². The molecule has 0 rings (SSSR count). The average molecular weight is 152 g/mol. The minimum atomic E-state index is -2.84. The highest BCUT2D eigenvalue weighted by Crippen LogP contribution is 1.81. The molecule has 0 radical (unpaired) electrons. The average Bonchev–Trinajstić information content (AvgIpc) is 1.59. The van der Waals surface area contributed by atoms with Crippen molar-refractivity contribution in [1.82, 2.24) is 5.01 Å². The van der Waals surface area contributed by atoms with Gasteiger partial charge in [0.25, 0.3) is 0 Å². The van der Waals surface area contributed by atoms with Crippen molar-refractivity contribution in [3.8, 4) is 0 Å². The van der Waals surface area contributed by atoms with E-state index in [4.69, 9.17) is 5.84 Å². The Bertz CT molecular complexity index is 161. The first-order valence-corrected chi connectivity index (χ1v) is 4.61. The van der Waals surface area contributed by atoms with Gasteiger partial charge in [0.2, 0.25) is 0 Å². The van der Waals surface area contributed by atoms with E-state index in [1.807, 2.05) is 0 Å². The highest BCUT2D eigenvalue weighted by molar-refractivity contribution is 7.90. The maximum Gasteiger partial charge on any atom is 0.148 e. The maximum absolute atomic E-state index is 10.5. The molecule has 0 aromatic rings. The van der Waals surface area contributed by atoms with Crippen molar-refractivity contribution < 1.29 is 8.42 Å². The van der Waals surface area contributed by atoms with Crippen molar-refractivity contribution in [2.75, 3.05) is 25.6 Å². The quantitative estimate of drug-likeness (QED) is 0.409. The standard InChI is InChI=1S/C4H12N2O2S/c1-6(5)3-4-9(2,7)8/h3-5H2,1-2H3. The van der Waals surface area contributed by atoms with Gasteiger partial charge in [-0.05, 0) is 0 Å². The minimum Gasteiger partial charge on any atom is -0.269 e. The van der Waals surface area contributed by atoms with Gasteiger partial charge in [-0.1, -0.05) is 0 Å². The van der Waals surface area contributed by atoms with Gasteiger partial charge >= 0.3 is 0 Å². The summed E-state index contributed by atoms with van der Waals surface area (Å²) in [5, 5.41) is 1.35.